The molecule has 0 atom stereocenters. The lowest BCUT2D eigenvalue weighted by Gasteiger charge is -2.12. The number of aryl methyl sites for hydroxylation is 1. The number of methoxy groups -OCH3 is 1. The Bertz CT molecular complexity index is 722. The van der Waals surface area contributed by atoms with Crippen LogP contribution in [0.4, 0.5) is 14.5 Å². The molecule has 2 aromatic carbocycles. The third-order valence-electron chi connectivity index (χ3n) is 3.08. The van der Waals surface area contributed by atoms with E-state index >= 15 is 0 Å². The SMILES string of the molecule is COc1cc(C(=O)Nc2ccc(Br)cc2C)ccc1OC(F)F. The van der Waals surface area contributed by atoms with Gasteiger partial charge >= 0.3 is 6.61 Å². The number of benzene rings is 2. The molecular weight excluding hydrogens is 372 g/mol. The van der Waals surface area contributed by atoms with Gasteiger partial charge in [0, 0.05) is 15.7 Å². The van der Waals surface area contributed by atoms with Gasteiger partial charge in [0.1, 0.15) is 0 Å². The molecule has 0 bridgehead atoms. The van der Waals surface area contributed by atoms with Gasteiger partial charge in [0.15, 0.2) is 11.5 Å². The number of hydrogen-bond donors (Lipinski definition) is 1. The number of carbonyl (C=O) groups excluding carboxylic acids is 1. The molecule has 0 aliphatic rings. The molecule has 0 saturated carbocycles. The first-order valence-electron chi connectivity index (χ1n) is 6.61. The quantitative estimate of drug-likeness (QED) is 0.816. The third-order valence-corrected chi connectivity index (χ3v) is 3.57. The van der Waals surface area contributed by atoms with Gasteiger partial charge in [0.25, 0.3) is 5.91 Å². The maximum absolute atomic E-state index is 12.3. The Morgan fingerprint density at radius 2 is 1.91 bits per heavy atom. The molecule has 0 aliphatic carbocycles. The van der Waals surface area contributed by atoms with Crippen LogP contribution in [0.3, 0.4) is 0 Å². The molecule has 0 fully saturated rings. The molecule has 0 heterocycles. The van der Waals surface area contributed by atoms with Crippen molar-refractivity contribution >= 4 is 27.5 Å². The molecule has 0 aliphatic heterocycles. The second kappa shape index (κ2) is 7.41. The van der Waals surface area contributed by atoms with E-state index in [-0.39, 0.29) is 23.0 Å². The first kappa shape index (κ1) is 17.2. The van der Waals surface area contributed by atoms with Gasteiger partial charge in [-0.1, -0.05) is 15.9 Å². The molecule has 0 radical (unpaired) electrons. The zero-order chi connectivity index (χ0) is 17.0. The van der Waals surface area contributed by atoms with Crippen LogP contribution in [0.2, 0.25) is 0 Å². The highest BCUT2D eigenvalue weighted by molar-refractivity contribution is 9.10. The third kappa shape index (κ3) is 4.41. The molecule has 2 rings (SSSR count). The van der Waals surface area contributed by atoms with Crippen molar-refractivity contribution in [1.29, 1.82) is 0 Å². The smallest absolute Gasteiger partial charge is 0.387 e. The van der Waals surface area contributed by atoms with E-state index in [1.54, 1.807) is 6.07 Å². The Hall–Kier alpha value is -2.15. The van der Waals surface area contributed by atoms with Crippen molar-refractivity contribution in [1.82, 2.24) is 0 Å². The molecule has 1 N–H and O–H groups in total. The summed E-state index contributed by atoms with van der Waals surface area (Å²) in [5, 5.41) is 2.76. The Labute approximate surface area is 140 Å². The number of ether oxygens (including phenoxy) is 2. The van der Waals surface area contributed by atoms with E-state index in [0.717, 1.165) is 10.0 Å². The number of hydrogen-bond acceptors (Lipinski definition) is 3. The summed E-state index contributed by atoms with van der Waals surface area (Å²) in [5.41, 5.74) is 1.81. The van der Waals surface area contributed by atoms with Crippen molar-refractivity contribution in [3.8, 4) is 11.5 Å². The van der Waals surface area contributed by atoms with E-state index in [1.807, 2.05) is 19.1 Å². The van der Waals surface area contributed by atoms with Crippen molar-refractivity contribution in [3.05, 3.63) is 52.0 Å². The summed E-state index contributed by atoms with van der Waals surface area (Å²) in [4.78, 5) is 12.3. The first-order chi connectivity index (χ1) is 10.9. The fraction of sp³-hybridized carbons (Fsp3) is 0.188. The topological polar surface area (TPSA) is 47.6 Å². The minimum absolute atomic E-state index is 0.0606. The zero-order valence-corrected chi connectivity index (χ0v) is 14.0. The highest BCUT2D eigenvalue weighted by atomic mass is 79.9. The molecule has 2 aromatic rings. The van der Waals surface area contributed by atoms with Crippen LogP contribution in [-0.2, 0) is 0 Å². The fourth-order valence-corrected chi connectivity index (χ4v) is 2.44. The van der Waals surface area contributed by atoms with E-state index in [1.165, 1.54) is 25.3 Å². The molecule has 0 unspecified atom stereocenters. The summed E-state index contributed by atoms with van der Waals surface area (Å²) in [6.07, 6.45) is 0. The lowest BCUT2D eigenvalue weighted by molar-refractivity contribution is -0.0512. The van der Waals surface area contributed by atoms with Gasteiger partial charge < -0.3 is 14.8 Å². The number of amides is 1. The Morgan fingerprint density at radius 1 is 1.17 bits per heavy atom. The summed E-state index contributed by atoms with van der Waals surface area (Å²) in [6.45, 7) is -1.10. The second-order valence-electron chi connectivity index (χ2n) is 4.66. The second-order valence-corrected chi connectivity index (χ2v) is 5.57. The van der Waals surface area contributed by atoms with E-state index in [9.17, 15) is 13.6 Å². The van der Waals surface area contributed by atoms with E-state index in [4.69, 9.17) is 4.74 Å². The summed E-state index contributed by atoms with van der Waals surface area (Å²) < 4.78 is 34.8. The molecular formula is C16H14BrF2NO3. The predicted molar refractivity (Wildman–Crippen MR) is 86.5 cm³/mol. The number of rotatable bonds is 5. The molecule has 0 spiro atoms. The average molecular weight is 386 g/mol. The molecule has 23 heavy (non-hydrogen) atoms. The number of nitrogens with one attached hydrogen (secondary N) is 1. The number of halogens is 3. The van der Waals surface area contributed by atoms with Gasteiger partial charge in [-0.05, 0) is 48.9 Å². The van der Waals surface area contributed by atoms with Crippen molar-refractivity contribution in [3.63, 3.8) is 0 Å². The van der Waals surface area contributed by atoms with Gasteiger partial charge in [-0.25, -0.2) is 0 Å². The molecule has 122 valence electrons. The lowest BCUT2D eigenvalue weighted by atomic mass is 10.1. The Morgan fingerprint density at radius 3 is 2.52 bits per heavy atom. The van der Waals surface area contributed by atoms with Crippen LogP contribution in [0.15, 0.2) is 40.9 Å². The van der Waals surface area contributed by atoms with Crippen LogP contribution in [0.5, 0.6) is 11.5 Å². The monoisotopic (exact) mass is 385 g/mol. The van der Waals surface area contributed by atoms with Crippen molar-refractivity contribution < 1.29 is 23.0 Å². The van der Waals surface area contributed by atoms with Gasteiger partial charge in [0.05, 0.1) is 7.11 Å². The van der Waals surface area contributed by atoms with E-state index < -0.39 is 6.61 Å². The maximum atomic E-state index is 12.3. The first-order valence-corrected chi connectivity index (χ1v) is 7.40. The lowest BCUT2D eigenvalue weighted by Crippen LogP contribution is -2.13. The fourth-order valence-electron chi connectivity index (χ4n) is 1.96. The van der Waals surface area contributed by atoms with Crippen molar-refractivity contribution in [2.45, 2.75) is 13.5 Å². The molecule has 4 nitrogen and oxygen atoms in total. The normalized spacial score (nSPS) is 10.5. The van der Waals surface area contributed by atoms with Crippen LogP contribution in [-0.4, -0.2) is 19.6 Å². The van der Waals surface area contributed by atoms with Crippen molar-refractivity contribution in [2.24, 2.45) is 0 Å². The summed E-state index contributed by atoms with van der Waals surface area (Å²) in [7, 11) is 1.31. The predicted octanol–water partition coefficient (Wildman–Crippen LogP) is 4.62. The Balaban J connectivity index is 2.22. The van der Waals surface area contributed by atoms with Crippen LogP contribution in [0, 0.1) is 6.92 Å². The Kier molecular flexibility index (Phi) is 5.54. The highest BCUT2D eigenvalue weighted by Gasteiger charge is 2.14. The van der Waals surface area contributed by atoms with Crippen molar-refractivity contribution in [2.75, 3.05) is 12.4 Å². The summed E-state index contributed by atoms with van der Waals surface area (Å²) in [6, 6.07) is 9.46. The highest BCUT2D eigenvalue weighted by Crippen LogP contribution is 2.30. The zero-order valence-electron chi connectivity index (χ0n) is 12.4. The minimum atomic E-state index is -2.96. The summed E-state index contributed by atoms with van der Waals surface area (Å²) >= 11 is 3.35. The van der Waals surface area contributed by atoms with Gasteiger partial charge in [0.2, 0.25) is 0 Å². The van der Waals surface area contributed by atoms with E-state index in [0.29, 0.717) is 5.69 Å². The van der Waals surface area contributed by atoms with E-state index in [2.05, 4.69) is 26.0 Å². The van der Waals surface area contributed by atoms with Crippen LogP contribution in [0.25, 0.3) is 0 Å². The molecule has 0 saturated heterocycles. The maximum Gasteiger partial charge on any atom is 0.387 e. The standard InChI is InChI=1S/C16H14BrF2NO3/c1-9-7-11(17)4-5-12(9)20-15(21)10-3-6-13(23-16(18)19)14(8-10)22-2/h3-8,16H,1-2H3,(H,20,21). The molecule has 0 aromatic heterocycles. The van der Waals surface area contributed by atoms with Gasteiger partial charge in [-0.3, -0.25) is 4.79 Å². The van der Waals surface area contributed by atoms with Crippen LogP contribution >= 0.6 is 15.9 Å². The van der Waals surface area contributed by atoms with Crippen LogP contribution in [0.1, 0.15) is 15.9 Å². The number of alkyl halides is 2. The number of carbonyl (C=O) groups is 1. The minimum Gasteiger partial charge on any atom is -0.493 e. The summed E-state index contributed by atoms with van der Waals surface area (Å²) in [5.74, 6) is -0.443. The largest absolute Gasteiger partial charge is 0.493 e. The number of anilines is 1. The average Bonchev–Trinajstić information content (AvgIpc) is 2.49. The van der Waals surface area contributed by atoms with Crippen LogP contribution < -0.4 is 14.8 Å². The molecule has 1 amide bonds. The van der Waals surface area contributed by atoms with Gasteiger partial charge in [-0.15, -0.1) is 0 Å². The van der Waals surface area contributed by atoms with Gasteiger partial charge in [-0.2, -0.15) is 8.78 Å². The molecule has 7 heteroatoms.